The number of hydrogen-bond acceptors (Lipinski definition) is 8. The molecule has 11 heteroatoms. The van der Waals surface area contributed by atoms with E-state index in [9.17, 15) is 19.5 Å². The molecule has 38 heavy (non-hydrogen) atoms. The first-order chi connectivity index (χ1) is 18.3. The molecule has 0 fully saturated rings. The van der Waals surface area contributed by atoms with Gasteiger partial charge in [0.15, 0.2) is 0 Å². The Kier molecular flexibility index (Phi) is 10.7. The van der Waals surface area contributed by atoms with Gasteiger partial charge in [-0.2, -0.15) is 0 Å². The zero-order chi connectivity index (χ0) is 27.5. The molecule has 3 unspecified atom stereocenters. The Morgan fingerprint density at radius 2 is 1.61 bits per heavy atom. The van der Waals surface area contributed by atoms with E-state index in [-0.39, 0.29) is 44.9 Å². The molecule has 9 N–H and O–H groups in total. The van der Waals surface area contributed by atoms with Crippen molar-refractivity contribution in [3.63, 3.8) is 0 Å². The predicted octanol–water partition coefficient (Wildman–Crippen LogP) is -0.275. The lowest BCUT2D eigenvalue weighted by atomic mass is 10.0. The minimum Gasteiger partial charge on any atom is -0.390 e. The Hall–Kier alpha value is -3.90. The molecule has 0 saturated carbocycles. The minimum atomic E-state index is -1.35. The van der Waals surface area contributed by atoms with Crippen LogP contribution in [-0.2, 0) is 20.8 Å². The lowest BCUT2D eigenvalue weighted by Crippen LogP contribution is -2.56. The molecule has 202 valence electrons. The van der Waals surface area contributed by atoms with E-state index in [1.54, 1.807) is 18.2 Å². The Morgan fingerprint density at radius 3 is 2.29 bits per heavy atom. The van der Waals surface area contributed by atoms with Gasteiger partial charge in [-0.3, -0.25) is 19.4 Å². The molecule has 0 saturated heterocycles. The Labute approximate surface area is 221 Å². The molecule has 3 atom stereocenters. The van der Waals surface area contributed by atoms with Crippen molar-refractivity contribution >= 4 is 34.3 Å². The van der Waals surface area contributed by atoms with Gasteiger partial charge in [-0.15, -0.1) is 0 Å². The summed E-state index contributed by atoms with van der Waals surface area (Å²) in [4.78, 5) is 44.6. The smallest absolute Gasteiger partial charge is 0.249 e. The fraction of sp³-hybridized carbons (Fsp3) is 0.333. The molecule has 3 rings (SSSR count). The lowest BCUT2D eigenvalue weighted by molar-refractivity contribution is -0.135. The van der Waals surface area contributed by atoms with Crippen molar-refractivity contribution in [2.45, 2.75) is 31.0 Å². The third-order valence-electron chi connectivity index (χ3n) is 5.99. The summed E-state index contributed by atoms with van der Waals surface area (Å²) in [5.41, 5.74) is 19.1. The number of aromatic nitrogens is 1. The molecule has 1 heterocycles. The number of rotatable bonds is 13. The van der Waals surface area contributed by atoms with Gasteiger partial charge in [0, 0.05) is 38.0 Å². The highest BCUT2D eigenvalue weighted by atomic mass is 16.3. The molecular weight excluding hydrogens is 486 g/mol. The summed E-state index contributed by atoms with van der Waals surface area (Å²) in [6.07, 6.45) is 0.0215. The van der Waals surface area contributed by atoms with E-state index in [0.29, 0.717) is 5.69 Å². The predicted molar refractivity (Wildman–Crippen MR) is 146 cm³/mol. The highest BCUT2D eigenvalue weighted by molar-refractivity contribution is 5.99. The fourth-order valence-electron chi connectivity index (χ4n) is 4.01. The first-order valence-electron chi connectivity index (χ1n) is 12.4. The molecule has 3 aromatic rings. The van der Waals surface area contributed by atoms with Gasteiger partial charge in [-0.25, -0.2) is 0 Å². The molecule has 0 radical (unpaired) electrons. The van der Waals surface area contributed by atoms with E-state index in [4.69, 9.17) is 17.2 Å². The number of aliphatic hydroxyl groups is 1. The summed E-state index contributed by atoms with van der Waals surface area (Å²) in [5, 5.41) is 17.1. The van der Waals surface area contributed by atoms with Gasteiger partial charge in [-0.05, 0) is 17.7 Å². The number of carbonyl (C=O) groups excluding carboxylic acids is 3. The van der Waals surface area contributed by atoms with Crippen LogP contribution in [0.15, 0.2) is 66.9 Å². The number of amides is 3. The SMILES string of the molecule is NCCN(CCN)C(=O)CC(N)C(=O)NC(C(=O)Nc1cnc2ccccc2c1)C(O)Cc1ccccc1. The average molecular weight is 522 g/mol. The van der Waals surface area contributed by atoms with Crippen LogP contribution in [-0.4, -0.2) is 77.1 Å². The van der Waals surface area contributed by atoms with Crippen LogP contribution in [0.3, 0.4) is 0 Å². The van der Waals surface area contributed by atoms with E-state index in [1.807, 2.05) is 42.5 Å². The number of nitrogens with two attached hydrogens (primary N) is 3. The van der Waals surface area contributed by atoms with E-state index in [2.05, 4.69) is 15.6 Å². The zero-order valence-electron chi connectivity index (χ0n) is 21.1. The van der Waals surface area contributed by atoms with Gasteiger partial charge in [0.1, 0.15) is 6.04 Å². The van der Waals surface area contributed by atoms with Gasteiger partial charge in [0.05, 0.1) is 36.0 Å². The number of pyridine rings is 1. The number of hydrogen-bond donors (Lipinski definition) is 6. The molecule has 2 aromatic carbocycles. The number of fused-ring (bicyclic) bond motifs is 1. The number of carbonyl (C=O) groups is 3. The van der Waals surface area contributed by atoms with E-state index in [1.165, 1.54) is 11.1 Å². The third kappa shape index (κ3) is 8.05. The standard InChI is InChI=1S/C27H35N7O4/c28-10-12-34(13-11-29)24(36)16-21(30)26(37)33-25(23(35)14-18-6-2-1-3-7-18)27(38)32-20-15-19-8-4-5-9-22(19)31-17-20/h1-9,15,17,21,23,25,35H,10-14,16,28-30H2,(H,32,38)(H,33,37). The highest BCUT2D eigenvalue weighted by Crippen LogP contribution is 2.17. The summed E-state index contributed by atoms with van der Waals surface area (Å²) in [6, 6.07) is 15.6. The fourth-order valence-corrected chi connectivity index (χ4v) is 4.01. The number of aliphatic hydroxyl groups excluding tert-OH is 1. The highest BCUT2D eigenvalue weighted by Gasteiger charge is 2.31. The number of benzene rings is 2. The first kappa shape index (κ1) is 28.7. The second-order valence-electron chi connectivity index (χ2n) is 8.92. The van der Waals surface area contributed by atoms with Crippen LogP contribution >= 0.6 is 0 Å². The molecule has 11 nitrogen and oxygen atoms in total. The quantitative estimate of drug-likeness (QED) is 0.177. The molecule has 1 aromatic heterocycles. The van der Waals surface area contributed by atoms with E-state index in [0.717, 1.165) is 16.5 Å². The van der Waals surface area contributed by atoms with Crippen molar-refractivity contribution in [3.8, 4) is 0 Å². The number of anilines is 1. The summed E-state index contributed by atoms with van der Waals surface area (Å²) in [6.45, 7) is 1.05. The van der Waals surface area contributed by atoms with Gasteiger partial charge < -0.3 is 37.8 Å². The average Bonchev–Trinajstić information content (AvgIpc) is 2.91. The van der Waals surface area contributed by atoms with Gasteiger partial charge in [0.25, 0.3) is 0 Å². The Balaban J connectivity index is 1.75. The van der Waals surface area contributed by atoms with Crippen LogP contribution in [0.2, 0.25) is 0 Å². The van der Waals surface area contributed by atoms with Gasteiger partial charge >= 0.3 is 0 Å². The van der Waals surface area contributed by atoms with Crippen LogP contribution < -0.4 is 27.8 Å². The van der Waals surface area contributed by atoms with Crippen molar-refractivity contribution in [1.29, 1.82) is 0 Å². The Morgan fingerprint density at radius 1 is 0.947 bits per heavy atom. The summed E-state index contributed by atoms with van der Waals surface area (Å²) < 4.78 is 0. The maximum atomic E-state index is 13.3. The van der Waals surface area contributed by atoms with Crippen LogP contribution in [0, 0.1) is 0 Å². The summed E-state index contributed by atoms with van der Waals surface area (Å²) >= 11 is 0. The molecule has 3 amide bonds. The normalized spacial score (nSPS) is 13.4. The van der Waals surface area contributed by atoms with Crippen molar-refractivity contribution < 1.29 is 19.5 Å². The van der Waals surface area contributed by atoms with Crippen LogP contribution in [0.5, 0.6) is 0 Å². The largest absolute Gasteiger partial charge is 0.390 e. The molecule has 0 bridgehead atoms. The maximum Gasteiger partial charge on any atom is 0.249 e. The molecule has 0 aliphatic heterocycles. The van der Waals surface area contributed by atoms with Crippen molar-refractivity contribution in [1.82, 2.24) is 15.2 Å². The Bertz CT molecular complexity index is 1220. The van der Waals surface area contributed by atoms with Crippen molar-refractivity contribution in [3.05, 3.63) is 72.4 Å². The van der Waals surface area contributed by atoms with Gasteiger partial charge in [0.2, 0.25) is 17.7 Å². The summed E-state index contributed by atoms with van der Waals surface area (Å²) in [7, 11) is 0. The summed E-state index contributed by atoms with van der Waals surface area (Å²) in [5.74, 6) is -1.77. The van der Waals surface area contributed by atoms with Crippen LogP contribution in [0.4, 0.5) is 5.69 Å². The zero-order valence-corrected chi connectivity index (χ0v) is 21.1. The minimum absolute atomic E-state index is 0.101. The van der Waals surface area contributed by atoms with Crippen molar-refractivity contribution in [2.24, 2.45) is 17.2 Å². The van der Waals surface area contributed by atoms with Crippen molar-refractivity contribution in [2.75, 3.05) is 31.5 Å². The second-order valence-corrected chi connectivity index (χ2v) is 8.92. The number of nitrogens with zero attached hydrogens (tertiary/aromatic N) is 2. The molecule has 0 aliphatic carbocycles. The van der Waals surface area contributed by atoms with Crippen LogP contribution in [0.1, 0.15) is 12.0 Å². The topological polar surface area (TPSA) is 190 Å². The number of para-hydroxylation sites is 1. The van der Waals surface area contributed by atoms with E-state index >= 15 is 0 Å². The maximum absolute atomic E-state index is 13.3. The first-order valence-corrected chi connectivity index (χ1v) is 12.4. The third-order valence-corrected chi connectivity index (χ3v) is 5.99. The molecule has 0 spiro atoms. The monoisotopic (exact) mass is 521 g/mol. The van der Waals surface area contributed by atoms with Crippen LogP contribution in [0.25, 0.3) is 10.9 Å². The van der Waals surface area contributed by atoms with E-state index < -0.39 is 30.0 Å². The molecule has 0 aliphatic rings. The number of nitrogens with one attached hydrogen (secondary N) is 2. The lowest BCUT2D eigenvalue weighted by Gasteiger charge is -2.26. The van der Waals surface area contributed by atoms with Gasteiger partial charge in [-0.1, -0.05) is 48.5 Å². The second kappa shape index (κ2) is 14.1. The molecular formula is C27H35N7O4.